The number of sulfonamides is 1. The van der Waals surface area contributed by atoms with E-state index in [0.29, 0.717) is 27.9 Å². The van der Waals surface area contributed by atoms with Crippen LogP contribution in [0.3, 0.4) is 0 Å². The second-order valence-corrected chi connectivity index (χ2v) is 14.1. The van der Waals surface area contributed by atoms with E-state index in [1.54, 1.807) is 48.5 Å². The van der Waals surface area contributed by atoms with E-state index < -0.39 is 34.4 Å². The first kappa shape index (κ1) is 36.6. The predicted octanol–water partition coefficient (Wildman–Crippen LogP) is 6.62. The molecule has 0 unspecified atom stereocenters. The molecule has 2 amide bonds. The first-order valence-electron chi connectivity index (χ1n) is 15.3. The highest BCUT2D eigenvalue weighted by atomic mass is 35.5. The van der Waals surface area contributed by atoms with Gasteiger partial charge >= 0.3 is 0 Å². The van der Waals surface area contributed by atoms with E-state index in [1.165, 1.54) is 37.3 Å². The topological polar surface area (TPSA) is 105 Å². The third-order valence-electron chi connectivity index (χ3n) is 7.61. The van der Waals surface area contributed by atoms with Gasteiger partial charge in [-0.3, -0.25) is 13.9 Å². The molecule has 4 aromatic carbocycles. The molecule has 48 heavy (non-hydrogen) atoms. The van der Waals surface area contributed by atoms with Crippen molar-refractivity contribution in [1.82, 2.24) is 10.2 Å². The first-order chi connectivity index (χ1) is 23.0. The Morgan fingerprint density at radius 3 is 2.00 bits per heavy atom. The number of amides is 2. The quantitative estimate of drug-likeness (QED) is 0.149. The largest absolute Gasteiger partial charge is 0.493 e. The van der Waals surface area contributed by atoms with Crippen molar-refractivity contribution in [2.24, 2.45) is 5.92 Å². The summed E-state index contributed by atoms with van der Waals surface area (Å²) in [6.07, 6.45) is 0.159. The number of ether oxygens (including phenoxy) is 2. The normalized spacial score (nSPS) is 11.9. The summed E-state index contributed by atoms with van der Waals surface area (Å²) < 4.78 is 40.4. The number of nitrogens with one attached hydrogen (secondary N) is 1. The van der Waals surface area contributed by atoms with Gasteiger partial charge < -0.3 is 19.7 Å². The third kappa shape index (κ3) is 9.00. The summed E-state index contributed by atoms with van der Waals surface area (Å²) in [5, 5.41) is 3.57. The lowest BCUT2D eigenvalue weighted by Crippen LogP contribution is -2.53. The molecule has 0 radical (unpaired) electrons. The summed E-state index contributed by atoms with van der Waals surface area (Å²) in [5.74, 6) is -0.332. The molecule has 0 heterocycles. The Bertz CT molecular complexity index is 1790. The monoisotopic (exact) mass is 711 g/mol. The molecule has 0 fully saturated rings. The average Bonchev–Trinajstić information content (AvgIpc) is 3.09. The van der Waals surface area contributed by atoms with Gasteiger partial charge in [0.25, 0.3) is 10.0 Å². The SMILES string of the molecule is COc1ccc(S(=O)(=O)N(CC(=O)N(Cc2c(Cl)cccc2Cl)[C@@H](Cc2ccccc2)C(=O)NCC(C)C)c2ccccc2)cc1OC. The molecule has 4 aromatic rings. The van der Waals surface area contributed by atoms with Crippen LogP contribution < -0.4 is 19.1 Å². The van der Waals surface area contributed by atoms with Crippen LogP contribution in [0.2, 0.25) is 10.0 Å². The minimum absolute atomic E-state index is 0.118. The summed E-state index contributed by atoms with van der Waals surface area (Å²) in [7, 11) is -1.51. The van der Waals surface area contributed by atoms with Gasteiger partial charge in [-0.2, -0.15) is 0 Å². The number of anilines is 1. The van der Waals surface area contributed by atoms with Gasteiger partial charge in [-0.25, -0.2) is 8.42 Å². The Hall–Kier alpha value is -4.25. The fourth-order valence-electron chi connectivity index (χ4n) is 5.06. The van der Waals surface area contributed by atoms with Crippen LogP contribution in [-0.4, -0.2) is 58.5 Å². The number of rotatable bonds is 15. The van der Waals surface area contributed by atoms with Gasteiger partial charge in [0, 0.05) is 41.2 Å². The predicted molar refractivity (Wildman–Crippen MR) is 189 cm³/mol. The number of carbonyl (C=O) groups is 2. The molecular formula is C36H39Cl2N3O6S. The summed E-state index contributed by atoms with van der Waals surface area (Å²) in [6.45, 7) is 3.53. The van der Waals surface area contributed by atoms with Crippen molar-refractivity contribution in [3.63, 3.8) is 0 Å². The molecule has 0 aliphatic rings. The molecular weight excluding hydrogens is 673 g/mol. The van der Waals surface area contributed by atoms with Crippen LogP contribution in [0.15, 0.2) is 102 Å². The smallest absolute Gasteiger partial charge is 0.264 e. The van der Waals surface area contributed by atoms with Gasteiger partial charge in [0.1, 0.15) is 12.6 Å². The van der Waals surface area contributed by atoms with Crippen molar-refractivity contribution in [3.05, 3.63) is 118 Å². The number of halogens is 2. The highest BCUT2D eigenvalue weighted by molar-refractivity contribution is 7.92. The molecule has 254 valence electrons. The van der Waals surface area contributed by atoms with Gasteiger partial charge in [-0.1, -0.05) is 91.6 Å². The highest BCUT2D eigenvalue weighted by Gasteiger charge is 2.35. The molecule has 12 heteroatoms. The zero-order chi connectivity index (χ0) is 34.8. The third-order valence-corrected chi connectivity index (χ3v) is 10.1. The number of nitrogens with zero attached hydrogens (tertiary/aromatic N) is 2. The van der Waals surface area contributed by atoms with Crippen LogP contribution >= 0.6 is 23.2 Å². The standard InChI is InChI=1S/C36H39Cl2N3O6S/c1-25(2)22-39-36(43)32(20-26-12-7-5-8-13-26)40(23-29-30(37)16-11-17-31(29)38)35(42)24-41(27-14-9-6-10-15-27)48(44,45)28-18-19-33(46-3)34(21-28)47-4/h5-19,21,25,32H,20,22-24H2,1-4H3,(H,39,43)/t32-/m0/s1. The van der Waals surface area contributed by atoms with E-state index in [9.17, 15) is 18.0 Å². The summed E-state index contributed by atoms with van der Waals surface area (Å²) >= 11 is 13.2. The highest BCUT2D eigenvalue weighted by Crippen LogP contribution is 2.33. The van der Waals surface area contributed by atoms with E-state index >= 15 is 0 Å². The fraction of sp³-hybridized carbons (Fsp3) is 0.278. The van der Waals surface area contributed by atoms with Crippen LogP contribution in [0.5, 0.6) is 11.5 Å². The van der Waals surface area contributed by atoms with Gasteiger partial charge in [0.2, 0.25) is 11.8 Å². The molecule has 1 N–H and O–H groups in total. The van der Waals surface area contributed by atoms with E-state index in [0.717, 1.165) is 9.87 Å². The van der Waals surface area contributed by atoms with E-state index in [2.05, 4.69) is 5.32 Å². The number of para-hydroxylation sites is 1. The summed E-state index contributed by atoms with van der Waals surface area (Å²) in [4.78, 5) is 29.8. The number of hydrogen-bond donors (Lipinski definition) is 1. The number of carbonyl (C=O) groups excluding carboxylic acids is 2. The van der Waals surface area contributed by atoms with Crippen LogP contribution in [0.25, 0.3) is 0 Å². The van der Waals surface area contributed by atoms with Crippen molar-refractivity contribution >= 4 is 50.7 Å². The van der Waals surface area contributed by atoms with E-state index in [1.807, 2.05) is 44.2 Å². The molecule has 0 saturated carbocycles. The zero-order valence-corrected chi connectivity index (χ0v) is 29.6. The summed E-state index contributed by atoms with van der Waals surface area (Å²) in [6, 6.07) is 25.7. The Morgan fingerprint density at radius 2 is 1.42 bits per heavy atom. The second kappa shape index (κ2) is 16.7. The van der Waals surface area contributed by atoms with Gasteiger partial charge in [0.05, 0.1) is 24.8 Å². The maximum atomic E-state index is 14.6. The van der Waals surface area contributed by atoms with E-state index in [-0.39, 0.29) is 35.2 Å². The van der Waals surface area contributed by atoms with Crippen LogP contribution in [-0.2, 0) is 32.6 Å². The van der Waals surface area contributed by atoms with Crippen molar-refractivity contribution in [2.45, 2.75) is 37.8 Å². The lowest BCUT2D eigenvalue weighted by Gasteiger charge is -2.34. The molecule has 0 aromatic heterocycles. The molecule has 4 rings (SSSR count). The number of methoxy groups -OCH3 is 2. The Morgan fingerprint density at radius 1 is 0.812 bits per heavy atom. The minimum Gasteiger partial charge on any atom is -0.493 e. The van der Waals surface area contributed by atoms with Gasteiger partial charge in [-0.05, 0) is 47.9 Å². The minimum atomic E-state index is -4.36. The van der Waals surface area contributed by atoms with Crippen molar-refractivity contribution < 1.29 is 27.5 Å². The van der Waals surface area contributed by atoms with Crippen LogP contribution in [0.1, 0.15) is 25.0 Å². The molecule has 0 aliphatic carbocycles. The van der Waals surface area contributed by atoms with Gasteiger partial charge in [-0.15, -0.1) is 0 Å². The van der Waals surface area contributed by atoms with Gasteiger partial charge in [0.15, 0.2) is 11.5 Å². The maximum absolute atomic E-state index is 14.6. The molecule has 0 spiro atoms. The molecule has 0 bridgehead atoms. The number of hydrogen-bond acceptors (Lipinski definition) is 6. The second-order valence-electron chi connectivity index (χ2n) is 11.4. The molecule has 0 saturated heterocycles. The molecule has 1 atom stereocenters. The van der Waals surface area contributed by atoms with Crippen molar-refractivity contribution in [2.75, 3.05) is 31.6 Å². The van der Waals surface area contributed by atoms with Crippen LogP contribution in [0, 0.1) is 5.92 Å². The van der Waals surface area contributed by atoms with Crippen molar-refractivity contribution in [3.8, 4) is 11.5 Å². The van der Waals surface area contributed by atoms with E-state index in [4.69, 9.17) is 32.7 Å². The first-order valence-corrected chi connectivity index (χ1v) is 17.5. The fourth-order valence-corrected chi connectivity index (χ4v) is 7.00. The average molecular weight is 713 g/mol. The van der Waals surface area contributed by atoms with Crippen molar-refractivity contribution in [1.29, 1.82) is 0 Å². The maximum Gasteiger partial charge on any atom is 0.264 e. The Kier molecular flexibility index (Phi) is 12.7. The Labute approximate surface area is 292 Å². The Balaban J connectivity index is 1.83. The molecule has 0 aliphatic heterocycles. The lowest BCUT2D eigenvalue weighted by atomic mass is 10.0. The number of benzene rings is 4. The summed E-state index contributed by atoms with van der Waals surface area (Å²) in [5.41, 5.74) is 1.49. The molecule has 9 nitrogen and oxygen atoms in total. The zero-order valence-electron chi connectivity index (χ0n) is 27.2. The van der Waals surface area contributed by atoms with Crippen LogP contribution in [0.4, 0.5) is 5.69 Å². The lowest BCUT2D eigenvalue weighted by molar-refractivity contribution is -0.140.